The first-order chi connectivity index (χ1) is 27.2. The number of nitrogens with one attached hydrogen (secondary N) is 4. The monoisotopic (exact) mass is 813 g/mol. The molecule has 0 bridgehead atoms. The molecule has 6 rings (SSSR count). The molecule has 57 heavy (non-hydrogen) atoms. The van der Waals surface area contributed by atoms with Crippen molar-refractivity contribution in [1.82, 2.24) is 30.9 Å². The molecule has 4 aliphatic rings. The molecule has 5 unspecified atom stereocenters. The summed E-state index contributed by atoms with van der Waals surface area (Å²) in [5, 5.41) is 7.83. The van der Waals surface area contributed by atoms with Crippen molar-refractivity contribution >= 4 is 58.8 Å². The molecular formula is C40H53ClFN7O8. The van der Waals surface area contributed by atoms with Gasteiger partial charge >= 0.3 is 12.0 Å². The highest BCUT2D eigenvalue weighted by atomic mass is 35.5. The highest BCUT2D eigenvalue weighted by Gasteiger charge is 2.43. The first-order valence-electron chi connectivity index (χ1n) is 19.3. The van der Waals surface area contributed by atoms with Gasteiger partial charge in [-0.25, -0.2) is 9.59 Å². The molecule has 5 atom stereocenters. The third kappa shape index (κ3) is 12.9. The Bertz CT molecular complexity index is 1770. The molecule has 0 spiro atoms. The summed E-state index contributed by atoms with van der Waals surface area (Å²) in [6, 6.07) is 11.5. The van der Waals surface area contributed by atoms with Gasteiger partial charge in [0.15, 0.2) is 0 Å². The number of piperidine rings is 1. The second-order valence-corrected chi connectivity index (χ2v) is 15.1. The molecule has 0 radical (unpaired) electrons. The average Bonchev–Trinajstić information content (AvgIpc) is 3.88. The average molecular weight is 814 g/mol. The van der Waals surface area contributed by atoms with Gasteiger partial charge in [-0.1, -0.05) is 53.1 Å². The smallest absolute Gasteiger partial charge is 0.329 e. The third-order valence-electron chi connectivity index (χ3n) is 10.0. The molecule has 7 amide bonds. The fourth-order valence-corrected chi connectivity index (χ4v) is 7.49. The van der Waals surface area contributed by atoms with Crippen molar-refractivity contribution in [3.8, 4) is 0 Å². The molecular weight excluding hydrogens is 761 g/mol. The summed E-state index contributed by atoms with van der Waals surface area (Å²) < 4.78 is 17.1. The van der Waals surface area contributed by atoms with Crippen LogP contribution in [0.15, 0.2) is 48.5 Å². The fraction of sp³-hybridized carbons (Fsp3) is 0.525. The summed E-state index contributed by atoms with van der Waals surface area (Å²) in [4.78, 5) is 91.8. The highest BCUT2D eigenvalue weighted by Crippen LogP contribution is 2.27. The van der Waals surface area contributed by atoms with E-state index in [1.165, 1.54) is 22.1 Å². The highest BCUT2D eigenvalue weighted by molar-refractivity contribution is 6.30. The van der Waals surface area contributed by atoms with Gasteiger partial charge in [-0.3, -0.25) is 24.0 Å². The molecule has 17 heteroatoms. The topological polar surface area (TPSA) is 187 Å². The number of cyclic esters (lactones) is 1. The maximum absolute atomic E-state index is 13.5. The predicted molar refractivity (Wildman–Crippen MR) is 210 cm³/mol. The molecule has 4 saturated heterocycles. The standard InChI is InChI=1S/C23H34N4O6.C9H9ClFN3O2.C8H10/c1-14-13-19(28)25-11-5-8-17(25)22(31)26-10-4-3-7-16(26)20(29)24-15(2)21(30)27-12-6-9-18(27)23(32)33-14;10-6-2-1-3-7(4-6)13-9(16)12-5-8(15)14-11;1-7-4-3-5-8(2)6-7/h14-18H,3-13H2,1-2H3,(H,24,29);1-4H,5H2,(H,14,15)(H2,12,13,16);3-6H,1-2H3. The number of carbonyl (C=O) groups excluding carboxylic acids is 7. The lowest BCUT2D eigenvalue weighted by atomic mass is 9.99. The second-order valence-electron chi connectivity index (χ2n) is 14.7. The van der Waals surface area contributed by atoms with Crippen LogP contribution in [0.25, 0.3) is 0 Å². The first-order valence-corrected chi connectivity index (χ1v) is 19.7. The Kier molecular flexibility index (Phi) is 16.6. The van der Waals surface area contributed by atoms with Crippen LogP contribution in [-0.2, 0) is 33.5 Å². The number of urea groups is 1. The summed E-state index contributed by atoms with van der Waals surface area (Å²) >= 11 is 5.69. The van der Waals surface area contributed by atoms with E-state index in [4.69, 9.17) is 16.3 Å². The number of fused-ring (bicyclic) bond motifs is 3. The minimum atomic E-state index is -0.929. The van der Waals surface area contributed by atoms with Crippen molar-refractivity contribution in [2.24, 2.45) is 0 Å². The van der Waals surface area contributed by atoms with Crippen LogP contribution in [-0.4, -0.2) is 113 Å². The number of rotatable bonds is 3. The molecule has 310 valence electrons. The van der Waals surface area contributed by atoms with Crippen LogP contribution >= 0.6 is 11.6 Å². The number of hydrogen-bond acceptors (Lipinski definition) is 8. The normalized spacial score (nSPS) is 23.9. The van der Waals surface area contributed by atoms with E-state index in [9.17, 15) is 38.0 Å². The van der Waals surface area contributed by atoms with Gasteiger partial charge in [0, 0.05) is 30.3 Å². The van der Waals surface area contributed by atoms with Gasteiger partial charge < -0.3 is 35.4 Å². The summed E-state index contributed by atoms with van der Waals surface area (Å²) in [7, 11) is 0. The van der Waals surface area contributed by atoms with E-state index in [0.29, 0.717) is 62.4 Å². The maximum Gasteiger partial charge on any atom is 0.329 e. The lowest BCUT2D eigenvalue weighted by molar-refractivity contribution is -0.160. The Morgan fingerprint density at radius 2 is 1.42 bits per heavy atom. The van der Waals surface area contributed by atoms with Crippen LogP contribution in [0, 0.1) is 13.8 Å². The maximum atomic E-state index is 13.5. The first kappa shape index (κ1) is 44.5. The number of halogens is 2. The van der Waals surface area contributed by atoms with Crippen LogP contribution < -0.4 is 21.5 Å². The molecule has 4 N–H and O–H groups in total. The molecule has 0 saturated carbocycles. The van der Waals surface area contributed by atoms with Gasteiger partial charge in [-0.15, -0.1) is 4.48 Å². The second kappa shape index (κ2) is 21.3. The third-order valence-corrected chi connectivity index (χ3v) is 10.3. The van der Waals surface area contributed by atoms with Crippen LogP contribution in [0.1, 0.15) is 76.3 Å². The van der Waals surface area contributed by atoms with Gasteiger partial charge in [0.2, 0.25) is 23.6 Å². The van der Waals surface area contributed by atoms with Crippen molar-refractivity contribution in [1.29, 1.82) is 0 Å². The molecule has 15 nitrogen and oxygen atoms in total. The van der Waals surface area contributed by atoms with E-state index in [2.05, 4.69) is 54.1 Å². The Labute approximate surface area is 337 Å². The van der Waals surface area contributed by atoms with Crippen LogP contribution in [0.2, 0.25) is 5.02 Å². The van der Waals surface area contributed by atoms with Gasteiger partial charge in [0.05, 0.1) is 6.42 Å². The fourth-order valence-electron chi connectivity index (χ4n) is 7.30. The number of benzene rings is 2. The number of carbonyl (C=O) groups is 7. The number of ether oxygens (including phenoxy) is 1. The van der Waals surface area contributed by atoms with E-state index < -0.39 is 54.7 Å². The Balaban J connectivity index is 0.000000246. The number of aryl methyl sites for hydroxylation is 2. The molecule has 4 aliphatic heterocycles. The summed E-state index contributed by atoms with van der Waals surface area (Å²) in [5.74, 6) is -2.60. The zero-order chi connectivity index (χ0) is 41.6. The van der Waals surface area contributed by atoms with Gasteiger partial charge in [-0.05, 0) is 90.8 Å². The Hall–Kier alpha value is -5.25. The van der Waals surface area contributed by atoms with Gasteiger partial charge in [0.1, 0.15) is 36.8 Å². The SMILES string of the molecule is CC1CC(=O)N2CCCC2C(=O)N2CCCCC2C(=O)NC(C)C(=O)N2CCCC2C(=O)O1.Cc1cccc(C)c1.O=C(CNC(=O)Nc1cccc(Cl)c1)NF. The van der Waals surface area contributed by atoms with E-state index in [1.807, 2.05) is 0 Å². The van der Waals surface area contributed by atoms with Crippen LogP contribution in [0.5, 0.6) is 0 Å². The predicted octanol–water partition coefficient (Wildman–Crippen LogP) is 3.96. The summed E-state index contributed by atoms with van der Waals surface area (Å²) in [6.07, 6.45) is 3.88. The summed E-state index contributed by atoms with van der Waals surface area (Å²) in [6.45, 7) is 8.39. The van der Waals surface area contributed by atoms with Crippen molar-refractivity contribution in [2.45, 2.75) is 109 Å². The molecule has 0 aromatic heterocycles. The quantitative estimate of drug-likeness (QED) is 0.265. The van der Waals surface area contributed by atoms with E-state index in [1.54, 1.807) is 41.8 Å². The van der Waals surface area contributed by atoms with Crippen molar-refractivity contribution in [3.05, 3.63) is 64.7 Å². The van der Waals surface area contributed by atoms with Gasteiger partial charge in [-0.2, -0.15) is 5.54 Å². The number of amides is 7. The van der Waals surface area contributed by atoms with Crippen molar-refractivity contribution in [3.63, 3.8) is 0 Å². The van der Waals surface area contributed by atoms with Crippen molar-refractivity contribution in [2.75, 3.05) is 31.5 Å². The largest absolute Gasteiger partial charge is 0.461 e. The lowest BCUT2D eigenvalue weighted by Gasteiger charge is -2.38. The molecule has 4 fully saturated rings. The Morgan fingerprint density at radius 1 is 0.807 bits per heavy atom. The molecule has 4 heterocycles. The molecule has 0 aliphatic carbocycles. The van der Waals surface area contributed by atoms with E-state index in [0.717, 1.165) is 18.4 Å². The van der Waals surface area contributed by atoms with E-state index >= 15 is 0 Å². The zero-order valence-corrected chi connectivity index (χ0v) is 33.6. The minimum absolute atomic E-state index is 0.0174. The van der Waals surface area contributed by atoms with Crippen molar-refractivity contribution < 1.29 is 42.8 Å². The van der Waals surface area contributed by atoms with E-state index in [-0.39, 0.29) is 30.0 Å². The number of anilines is 1. The number of esters is 1. The zero-order valence-electron chi connectivity index (χ0n) is 32.9. The molecule has 2 aromatic carbocycles. The minimum Gasteiger partial charge on any atom is -0.461 e. The van der Waals surface area contributed by atoms with Crippen LogP contribution in [0.3, 0.4) is 0 Å². The molecule has 2 aromatic rings. The number of hydrogen-bond donors (Lipinski definition) is 4. The van der Waals surface area contributed by atoms with Crippen LogP contribution in [0.4, 0.5) is 15.0 Å². The number of nitrogens with zero attached hydrogens (tertiary/aromatic N) is 3. The van der Waals surface area contributed by atoms with Gasteiger partial charge in [0.25, 0.3) is 5.91 Å². The summed E-state index contributed by atoms with van der Waals surface area (Å²) in [5.41, 5.74) is 4.04. The Morgan fingerprint density at radius 3 is 2.07 bits per heavy atom. The lowest BCUT2D eigenvalue weighted by Crippen LogP contribution is -2.59.